The third-order valence-corrected chi connectivity index (χ3v) is 14.5. The Balaban J connectivity index is 1.06. The fourth-order valence-corrected chi connectivity index (χ4v) is 11.0. The van der Waals surface area contributed by atoms with Crippen LogP contribution >= 0.6 is 0 Å². The summed E-state index contributed by atoms with van der Waals surface area (Å²) in [6.07, 6.45) is 10.3. The van der Waals surface area contributed by atoms with Crippen molar-refractivity contribution in [2.24, 2.45) is 13.0 Å². The van der Waals surface area contributed by atoms with Crippen LogP contribution in [0.2, 0.25) is 0 Å². The predicted molar refractivity (Wildman–Crippen MR) is 237 cm³/mol. The van der Waals surface area contributed by atoms with Gasteiger partial charge in [-0.1, -0.05) is 18.1 Å². The Morgan fingerprint density at radius 1 is 0.969 bits per heavy atom. The van der Waals surface area contributed by atoms with Crippen LogP contribution in [0.1, 0.15) is 110 Å². The number of aryl methyl sites for hydroxylation is 3. The van der Waals surface area contributed by atoms with Crippen LogP contribution in [0, 0.1) is 31.4 Å². The Kier molecular flexibility index (Phi) is 9.23. The van der Waals surface area contributed by atoms with Gasteiger partial charge in [0, 0.05) is 74.1 Å². The van der Waals surface area contributed by atoms with Gasteiger partial charge in [-0.15, -0.1) is 0 Å². The lowest BCUT2D eigenvalue weighted by atomic mass is 9.84. The number of benzene rings is 2. The van der Waals surface area contributed by atoms with E-state index in [1.807, 2.05) is 18.0 Å². The number of halogens is 2. The molecular formula is C48H50F2N10O5. The smallest absolute Gasteiger partial charge is 0.376 e. The van der Waals surface area contributed by atoms with Crippen LogP contribution in [0.5, 0.6) is 0 Å². The lowest BCUT2D eigenvalue weighted by molar-refractivity contribution is -0.0593. The topological polar surface area (TPSA) is 159 Å². The van der Waals surface area contributed by atoms with E-state index >= 15 is 8.78 Å². The second-order valence-electron chi connectivity index (χ2n) is 19.0. The summed E-state index contributed by atoms with van der Waals surface area (Å²) in [5, 5.41) is 26.7. The number of hydrogen-bond donors (Lipinski definition) is 2. The number of hydrogen-bond acceptors (Lipinski definition) is 9. The fourth-order valence-electron chi connectivity index (χ4n) is 11.0. The highest BCUT2D eigenvalue weighted by Crippen LogP contribution is 2.60. The van der Waals surface area contributed by atoms with Crippen LogP contribution in [-0.2, 0) is 23.6 Å². The van der Waals surface area contributed by atoms with Crippen LogP contribution in [0.3, 0.4) is 0 Å². The van der Waals surface area contributed by atoms with Gasteiger partial charge in [0.15, 0.2) is 11.6 Å². The Hall–Kier alpha value is -6.43. The average molecular weight is 885 g/mol. The number of aliphatic hydroxyl groups excluding tert-OH is 1. The minimum atomic E-state index is -1.17. The second kappa shape index (κ2) is 14.5. The van der Waals surface area contributed by atoms with Crippen molar-refractivity contribution in [1.82, 2.24) is 48.1 Å². The molecule has 2 aliphatic heterocycles. The van der Waals surface area contributed by atoms with Gasteiger partial charge >= 0.3 is 11.4 Å². The second-order valence-corrected chi connectivity index (χ2v) is 19.0. The van der Waals surface area contributed by atoms with Crippen molar-refractivity contribution in [2.75, 3.05) is 13.2 Å². The summed E-state index contributed by atoms with van der Waals surface area (Å²) in [6.45, 7) is 12.7. The normalized spacial score (nSPS) is 22.5. The summed E-state index contributed by atoms with van der Waals surface area (Å²) in [6, 6.07) is 10.4. The zero-order chi connectivity index (χ0) is 45.4. The Labute approximate surface area is 371 Å². The highest BCUT2D eigenvalue weighted by Gasteiger charge is 2.59. The summed E-state index contributed by atoms with van der Waals surface area (Å²) in [4.78, 5) is 32.0. The highest BCUT2D eigenvalue weighted by molar-refractivity contribution is 5.81. The maximum Gasteiger partial charge on any atom is 0.438 e. The van der Waals surface area contributed by atoms with Gasteiger partial charge in [0.2, 0.25) is 0 Å². The van der Waals surface area contributed by atoms with Crippen LogP contribution in [0.4, 0.5) is 8.78 Å². The van der Waals surface area contributed by atoms with Gasteiger partial charge in [-0.05, 0) is 118 Å². The molecule has 5 atom stereocenters. The molecule has 6 aromatic heterocycles. The molecule has 15 nitrogen and oxygen atoms in total. The number of aliphatic hydroxyl groups is 1. The van der Waals surface area contributed by atoms with E-state index in [4.69, 9.17) is 14.4 Å². The van der Waals surface area contributed by atoms with Gasteiger partial charge in [0.1, 0.15) is 17.9 Å². The molecule has 8 aromatic rings. The number of rotatable bonds is 8. The number of aromatic nitrogens is 9. The molecule has 2 N–H and O–H groups in total. The van der Waals surface area contributed by atoms with E-state index in [2.05, 4.69) is 58.7 Å². The molecule has 336 valence electrons. The maximum absolute atomic E-state index is 16.1. The molecule has 65 heavy (non-hydrogen) atoms. The minimum Gasteiger partial charge on any atom is -0.376 e. The van der Waals surface area contributed by atoms with Crippen molar-refractivity contribution in [3.8, 4) is 17.2 Å². The Morgan fingerprint density at radius 2 is 1.71 bits per heavy atom. The molecule has 0 spiro atoms. The standard InChI is InChI=1S/C48H50F2N10O5/c1-25-18-31(19-26(2)40(25)49)60-42(59-16-15-58(46(59)63)37-11-10-35-32(41(37)50)22-51-55(35)7)38-28(4)57(14-12-34(38)53-60)43(61)33-24-56-23-30(29-13-17-64-47(5,6)21-29)8-9-36(56)39(33)48(20-27(48)3)44-52-45(62)65-54-44/h8-11,15-16,18-19,22-24,27-29,43,61H,12-14,17,20-21H2,1-7H3,(H,52,54,62)/t27-,28-,29-,43?,48+/m0/s1. The van der Waals surface area contributed by atoms with Gasteiger partial charge in [-0.2, -0.15) is 10.2 Å². The first kappa shape index (κ1) is 41.3. The fraction of sp³-hybridized carbons (Fsp3) is 0.396. The van der Waals surface area contributed by atoms with Crippen molar-refractivity contribution in [2.45, 2.75) is 96.4 Å². The summed E-state index contributed by atoms with van der Waals surface area (Å²) in [5.41, 5.74) is 5.42. The SMILES string of the molecule is Cc1cc(-n2nc3c(c2-n2ccn(-c4ccc5c(cnn5C)c4F)c2=O)[C@H](C)N(C(O)c2cn4cc([C@H]5CCOC(C)(C)C5)ccc4c2[C@@]2(c4noc(=O)[nH]4)C[C@@H]2C)CC3)cc(C)c1F. The van der Waals surface area contributed by atoms with Gasteiger partial charge in [0.25, 0.3) is 0 Å². The zero-order valence-electron chi connectivity index (χ0n) is 37.3. The molecule has 1 aliphatic carbocycles. The first-order chi connectivity index (χ1) is 31.1. The average Bonchev–Trinajstić information content (AvgIpc) is 3.90. The van der Waals surface area contributed by atoms with E-state index in [9.17, 15) is 14.7 Å². The minimum absolute atomic E-state index is 0.0569. The molecule has 0 amide bonds. The number of nitrogens with zero attached hydrogens (tertiary/aromatic N) is 9. The highest BCUT2D eigenvalue weighted by atomic mass is 19.1. The summed E-state index contributed by atoms with van der Waals surface area (Å²) >= 11 is 0. The molecule has 0 bridgehead atoms. The van der Waals surface area contributed by atoms with Crippen molar-refractivity contribution < 1.29 is 23.1 Å². The Bertz CT molecular complexity index is 3320. The van der Waals surface area contributed by atoms with E-state index in [1.54, 1.807) is 60.7 Å². The van der Waals surface area contributed by atoms with Crippen LogP contribution in [0.25, 0.3) is 33.6 Å². The number of ether oxygens (including phenoxy) is 1. The lowest BCUT2D eigenvalue weighted by Gasteiger charge is -2.37. The molecule has 0 radical (unpaired) electrons. The van der Waals surface area contributed by atoms with Gasteiger partial charge in [-0.3, -0.25) is 28.2 Å². The largest absolute Gasteiger partial charge is 0.438 e. The maximum atomic E-state index is 16.1. The lowest BCUT2D eigenvalue weighted by Crippen LogP contribution is -2.38. The molecule has 1 unspecified atom stereocenters. The van der Waals surface area contributed by atoms with E-state index < -0.39 is 34.9 Å². The van der Waals surface area contributed by atoms with Crippen LogP contribution < -0.4 is 11.4 Å². The summed E-state index contributed by atoms with van der Waals surface area (Å²) < 4.78 is 50.4. The first-order valence-corrected chi connectivity index (χ1v) is 22.2. The number of aromatic amines is 1. The number of imidazole rings is 1. The van der Waals surface area contributed by atoms with E-state index in [0.717, 1.165) is 23.9 Å². The third-order valence-electron chi connectivity index (χ3n) is 14.5. The van der Waals surface area contributed by atoms with E-state index in [1.165, 1.54) is 27.1 Å². The summed E-state index contributed by atoms with van der Waals surface area (Å²) in [5.74, 6) is -0.426. The van der Waals surface area contributed by atoms with Crippen molar-refractivity contribution in [3.05, 3.63) is 145 Å². The number of fused-ring (bicyclic) bond motifs is 3. The zero-order valence-corrected chi connectivity index (χ0v) is 37.3. The van der Waals surface area contributed by atoms with Gasteiger partial charge in [0.05, 0.1) is 45.2 Å². The number of pyridine rings is 1. The molecule has 11 rings (SSSR count). The number of H-pyrrole nitrogens is 1. The molecule has 17 heteroatoms. The summed E-state index contributed by atoms with van der Waals surface area (Å²) in [7, 11) is 1.72. The molecule has 3 aliphatic rings. The Morgan fingerprint density at radius 3 is 2.42 bits per heavy atom. The molecular weight excluding hydrogens is 835 g/mol. The van der Waals surface area contributed by atoms with E-state index in [-0.39, 0.29) is 34.3 Å². The van der Waals surface area contributed by atoms with Crippen LogP contribution in [0.15, 0.2) is 81.5 Å². The third kappa shape index (κ3) is 6.26. The van der Waals surface area contributed by atoms with Crippen LogP contribution in [-0.4, -0.2) is 72.0 Å². The van der Waals surface area contributed by atoms with Crippen molar-refractivity contribution in [3.63, 3.8) is 0 Å². The first-order valence-electron chi connectivity index (χ1n) is 22.2. The van der Waals surface area contributed by atoms with E-state index in [0.29, 0.717) is 76.8 Å². The van der Waals surface area contributed by atoms with Gasteiger partial charge in [-0.25, -0.2) is 23.1 Å². The molecule has 2 fully saturated rings. The molecule has 2 aromatic carbocycles. The van der Waals surface area contributed by atoms with Crippen molar-refractivity contribution in [1.29, 1.82) is 0 Å². The van der Waals surface area contributed by atoms with Crippen molar-refractivity contribution >= 4 is 16.4 Å². The molecule has 1 saturated heterocycles. The molecule has 8 heterocycles. The molecule has 1 saturated carbocycles. The number of nitrogens with one attached hydrogen (secondary N) is 1. The predicted octanol–water partition coefficient (Wildman–Crippen LogP) is 7.13. The van der Waals surface area contributed by atoms with Gasteiger partial charge < -0.3 is 14.2 Å². The monoisotopic (exact) mass is 884 g/mol. The quantitative estimate of drug-likeness (QED) is 0.162.